The number of hydrogen-bond acceptors (Lipinski definition) is 9. The van der Waals surface area contributed by atoms with E-state index >= 15 is 0 Å². The molecule has 2 aliphatic rings. The molecular weight excluding hydrogens is 646 g/mol. The number of ether oxygens (including phenoxy) is 3. The zero-order valence-corrected chi connectivity index (χ0v) is 24.7. The number of nitrogens with zero attached hydrogens (tertiary/aromatic N) is 4. The third-order valence-corrected chi connectivity index (χ3v) is 8.19. The monoisotopic (exact) mass is 672 g/mol. The molecule has 5 unspecified atom stereocenters. The average Bonchev–Trinajstić information content (AvgIpc) is 3.60. The number of amides is 1. The molecule has 1 aromatic heterocycles. The highest BCUT2D eigenvalue weighted by Gasteiger charge is 2.52. The second kappa shape index (κ2) is 12.6. The Bertz CT molecular complexity index is 1420. The summed E-state index contributed by atoms with van der Waals surface area (Å²) in [6, 6.07) is 5.42. The molecule has 5 rings (SSSR count). The van der Waals surface area contributed by atoms with Crippen LogP contribution in [0.15, 0.2) is 41.0 Å². The molecule has 2 fully saturated rings. The topological polar surface area (TPSA) is 139 Å². The lowest BCUT2D eigenvalue weighted by Gasteiger charge is -2.45. The summed E-state index contributed by atoms with van der Waals surface area (Å²) in [7, 11) is 1.32. The minimum Gasteiger partial charge on any atom is -0.394 e. The van der Waals surface area contributed by atoms with Crippen LogP contribution in [0.2, 0.25) is 5.02 Å². The largest absolute Gasteiger partial charge is 0.394 e. The molecule has 7 atom stereocenters. The lowest BCUT2D eigenvalue weighted by molar-refractivity contribution is -0.211. The van der Waals surface area contributed by atoms with Crippen molar-refractivity contribution < 1.29 is 43.1 Å². The molecule has 0 bridgehead atoms. The van der Waals surface area contributed by atoms with Gasteiger partial charge in [-0.3, -0.25) is 4.79 Å². The van der Waals surface area contributed by atoms with E-state index < -0.39 is 71.8 Å². The summed E-state index contributed by atoms with van der Waals surface area (Å²) >= 11 is 9.05. The summed E-state index contributed by atoms with van der Waals surface area (Å²) in [5.41, 5.74) is 1.39. The van der Waals surface area contributed by atoms with Crippen LogP contribution in [0, 0.1) is 18.6 Å². The summed E-state index contributed by atoms with van der Waals surface area (Å²) in [4.78, 5) is 15.7. The van der Waals surface area contributed by atoms with Gasteiger partial charge in [0, 0.05) is 22.8 Å². The van der Waals surface area contributed by atoms with Crippen molar-refractivity contribution in [2.45, 2.75) is 49.5 Å². The zero-order chi connectivity index (χ0) is 30.3. The number of methoxy groups -OCH3 is 1. The van der Waals surface area contributed by atoms with Crippen molar-refractivity contribution in [3.63, 3.8) is 0 Å². The molecule has 1 amide bonds. The Kier molecular flexibility index (Phi) is 9.25. The van der Waals surface area contributed by atoms with Gasteiger partial charge in [-0.2, -0.15) is 0 Å². The molecule has 226 valence electrons. The van der Waals surface area contributed by atoms with E-state index in [1.54, 1.807) is 12.1 Å². The molecule has 3 aromatic rings. The van der Waals surface area contributed by atoms with Gasteiger partial charge in [-0.25, -0.2) is 13.5 Å². The Labute approximate surface area is 252 Å². The highest BCUT2D eigenvalue weighted by Crippen LogP contribution is 2.36. The molecule has 2 aliphatic heterocycles. The number of halogens is 4. The second-order valence-corrected chi connectivity index (χ2v) is 11.5. The van der Waals surface area contributed by atoms with Crippen LogP contribution in [0.5, 0.6) is 0 Å². The third-order valence-electron chi connectivity index (χ3n) is 7.37. The van der Waals surface area contributed by atoms with Gasteiger partial charge in [0.25, 0.3) is 5.91 Å². The van der Waals surface area contributed by atoms with Crippen LogP contribution >= 0.6 is 27.5 Å². The van der Waals surface area contributed by atoms with E-state index in [1.807, 2.05) is 13.0 Å². The SMILES string of the molecule is COC1C(C(=O)N(c2cc(C)cc(Br)c2)[C@H]2COC[C@@H]2O)OC(CO)C(O)C1n1cc(-c2cc(F)c(Cl)c(F)c2)nn1. The first-order valence-electron chi connectivity index (χ1n) is 12.9. The van der Waals surface area contributed by atoms with Crippen molar-refractivity contribution in [1.29, 1.82) is 0 Å². The van der Waals surface area contributed by atoms with Crippen LogP contribution in [0.3, 0.4) is 0 Å². The number of aliphatic hydroxyl groups is 3. The minimum atomic E-state index is -1.43. The fourth-order valence-electron chi connectivity index (χ4n) is 5.37. The number of carbonyl (C=O) groups excluding carboxylic acids is 1. The smallest absolute Gasteiger partial charge is 0.259 e. The molecule has 15 heteroatoms. The van der Waals surface area contributed by atoms with E-state index in [0.717, 1.165) is 17.7 Å². The van der Waals surface area contributed by atoms with Gasteiger partial charge in [0.15, 0.2) is 6.10 Å². The lowest BCUT2D eigenvalue weighted by Crippen LogP contribution is -2.63. The molecule has 11 nitrogen and oxygen atoms in total. The quantitative estimate of drug-likeness (QED) is 0.323. The van der Waals surface area contributed by atoms with Gasteiger partial charge in [-0.15, -0.1) is 5.10 Å². The Morgan fingerprint density at radius 1 is 1.21 bits per heavy atom. The van der Waals surface area contributed by atoms with E-state index in [9.17, 15) is 28.9 Å². The summed E-state index contributed by atoms with van der Waals surface area (Å²) < 4.78 is 47.2. The van der Waals surface area contributed by atoms with Crippen LogP contribution in [0.1, 0.15) is 11.6 Å². The molecule has 0 saturated carbocycles. The molecule has 3 heterocycles. The standard InChI is InChI=1S/C27H28BrClF2N4O7/c1-12-3-14(28)7-15(4-12)35(19-10-41-11-20(19)37)27(39)26-25(40-2)23(24(38)21(9-36)42-26)34-8-18(32-33-34)13-5-16(30)22(29)17(31)6-13/h3-8,19-21,23-26,36-38H,9-11H2,1-2H3/t19-,20-,21?,23?,24?,25?,26?/m0/s1. The summed E-state index contributed by atoms with van der Waals surface area (Å²) in [6.45, 7) is 1.27. The van der Waals surface area contributed by atoms with Crippen molar-refractivity contribution in [3.05, 3.63) is 63.2 Å². The molecular formula is C27H28BrClF2N4O7. The molecule has 2 aromatic carbocycles. The fraction of sp³-hybridized carbons (Fsp3) is 0.444. The minimum absolute atomic E-state index is 0.0227. The molecule has 0 radical (unpaired) electrons. The number of carbonyl (C=O) groups is 1. The Morgan fingerprint density at radius 3 is 2.52 bits per heavy atom. The molecule has 42 heavy (non-hydrogen) atoms. The van der Waals surface area contributed by atoms with Gasteiger partial charge < -0.3 is 34.4 Å². The predicted molar refractivity (Wildman–Crippen MR) is 149 cm³/mol. The second-order valence-electron chi connectivity index (χ2n) is 10.2. The first kappa shape index (κ1) is 30.9. The van der Waals surface area contributed by atoms with E-state index in [1.165, 1.54) is 22.9 Å². The van der Waals surface area contributed by atoms with Gasteiger partial charge in [-0.05, 0) is 42.8 Å². The lowest BCUT2D eigenvalue weighted by atomic mass is 9.91. The maximum Gasteiger partial charge on any atom is 0.259 e. The molecule has 0 aliphatic carbocycles. The maximum absolute atomic E-state index is 14.3. The third kappa shape index (κ3) is 5.82. The first-order chi connectivity index (χ1) is 20.0. The Balaban J connectivity index is 1.54. The highest BCUT2D eigenvalue weighted by molar-refractivity contribution is 9.10. The fourth-order valence-corrected chi connectivity index (χ4v) is 6.08. The normalized spacial score (nSPS) is 27.8. The van der Waals surface area contributed by atoms with E-state index in [4.69, 9.17) is 25.8 Å². The summed E-state index contributed by atoms with van der Waals surface area (Å²) in [5, 5.41) is 39.3. The van der Waals surface area contributed by atoms with Crippen molar-refractivity contribution in [1.82, 2.24) is 15.0 Å². The number of benzene rings is 2. The Hall–Kier alpha value is -2.56. The van der Waals surface area contributed by atoms with Crippen LogP contribution < -0.4 is 4.90 Å². The van der Waals surface area contributed by atoms with Crippen LogP contribution in [-0.2, 0) is 19.0 Å². The van der Waals surface area contributed by atoms with Gasteiger partial charge in [0.05, 0.1) is 32.1 Å². The van der Waals surface area contributed by atoms with E-state index in [0.29, 0.717) is 10.2 Å². The number of hydrogen-bond donors (Lipinski definition) is 3. The first-order valence-corrected chi connectivity index (χ1v) is 14.1. The van der Waals surface area contributed by atoms with Crippen LogP contribution in [0.25, 0.3) is 11.3 Å². The van der Waals surface area contributed by atoms with Crippen LogP contribution in [-0.4, -0.2) is 99.7 Å². The number of aliphatic hydroxyl groups excluding tert-OH is 3. The molecule has 0 spiro atoms. The number of rotatable bonds is 7. The molecule has 3 N–H and O–H groups in total. The summed E-state index contributed by atoms with van der Waals surface area (Å²) in [6.07, 6.45) is -4.92. The highest BCUT2D eigenvalue weighted by atomic mass is 79.9. The van der Waals surface area contributed by atoms with Crippen molar-refractivity contribution in [3.8, 4) is 11.3 Å². The average molecular weight is 674 g/mol. The summed E-state index contributed by atoms with van der Waals surface area (Å²) in [5.74, 6) is -2.60. The maximum atomic E-state index is 14.3. The number of aryl methyl sites for hydroxylation is 1. The number of anilines is 1. The van der Waals surface area contributed by atoms with Crippen molar-refractivity contribution in [2.75, 3.05) is 31.8 Å². The molecule has 2 saturated heterocycles. The zero-order valence-electron chi connectivity index (χ0n) is 22.4. The van der Waals surface area contributed by atoms with E-state index in [-0.39, 0.29) is 24.5 Å². The predicted octanol–water partition coefficient (Wildman–Crippen LogP) is 2.42. The van der Waals surface area contributed by atoms with Gasteiger partial charge in [0.1, 0.15) is 52.8 Å². The van der Waals surface area contributed by atoms with Gasteiger partial charge in [-0.1, -0.05) is 32.7 Å². The van der Waals surface area contributed by atoms with Gasteiger partial charge in [0.2, 0.25) is 0 Å². The van der Waals surface area contributed by atoms with Crippen LogP contribution in [0.4, 0.5) is 14.5 Å². The van der Waals surface area contributed by atoms with Crippen molar-refractivity contribution in [2.24, 2.45) is 0 Å². The van der Waals surface area contributed by atoms with E-state index in [2.05, 4.69) is 26.2 Å². The number of aromatic nitrogens is 3. The van der Waals surface area contributed by atoms with Crippen molar-refractivity contribution >= 4 is 39.1 Å². The van der Waals surface area contributed by atoms with Gasteiger partial charge >= 0.3 is 0 Å². The Morgan fingerprint density at radius 2 is 1.93 bits per heavy atom.